The van der Waals surface area contributed by atoms with Crippen molar-refractivity contribution in [3.63, 3.8) is 0 Å². The molecule has 0 saturated carbocycles. The number of halogens is 1. The van der Waals surface area contributed by atoms with Crippen LogP contribution in [0.4, 0.5) is 11.4 Å². The Labute approximate surface area is 85.4 Å². The number of hydrogen-bond donors (Lipinski definition) is 2. The van der Waals surface area contributed by atoms with Gasteiger partial charge in [-0.3, -0.25) is 4.79 Å². The van der Waals surface area contributed by atoms with Gasteiger partial charge < -0.3 is 11.1 Å². The summed E-state index contributed by atoms with van der Waals surface area (Å²) in [5, 5.41) is 3.42. The molecule has 3 nitrogen and oxygen atoms in total. The van der Waals surface area contributed by atoms with E-state index >= 15 is 0 Å². The number of anilines is 2. The summed E-state index contributed by atoms with van der Waals surface area (Å²) in [6, 6.07) is 7.07. The van der Waals surface area contributed by atoms with E-state index in [0.29, 0.717) is 17.4 Å². The molecule has 4 heteroatoms. The molecule has 13 heavy (non-hydrogen) atoms. The number of rotatable bonds is 3. The fraction of sp³-hybridized carbons (Fsp3) is 0.222. The Kier molecular flexibility index (Phi) is 3.76. The number of benzene rings is 1. The average Bonchev–Trinajstić information content (AvgIpc) is 2.09. The lowest BCUT2D eigenvalue weighted by atomic mass is 10.3. The van der Waals surface area contributed by atoms with Crippen molar-refractivity contribution in [3.05, 3.63) is 24.3 Å². The van der Waals surface area contributed by atoms with Gasteiger partial charge in [-0.1, -0.05) is 15.9 Å². The molecular weight excluding hydrogens is 232 g/mol. The topological polar surface area (TPSA) is 55.1 Å². The molecule has 1 rings (SSSR count). The van der Waals surface area contributed by atoms with Gasteiger partial charge in [0.25, 0.3) is 0 Å². The molecule has 0 saturated heterocycles. The van der Waals surface area contributed by atoms with E-state index in [4.69, 9.17) is 5.73 Å². The van der Waals surface area contributed by atoms with Gasteiger partial charge in [0, 0.05) is 23.1 Å². The smallest absolute Gasteiger partial charge is 0.225 e. The molecule has 3 N–H and O–H groups in total. The molecule has 1 aromatic rings. The first-order valence-electron chi connectivity index (χ1n) is 3.93. The van der Waals surface area contributed by atoms with E-state index in [-0.39, 0.29) is 5.91 Å². The van der Waals surface area contributed by atoms with Crippen molar-refractivity contribution < 1.29 is 4.79 Å². The lowest BCUT2D eigenvalue weighted by Crippen LogP contribution is -2.11. The fourth-order valence-corrected chi connectivity index (χ4v) is 1.24. The summed E-state index contributed by atoms with van der Waals surface area (Å²) in [7, 11) is 0. The van der Waals surface area contributed by atoms with Gasteiger partial charge in [-0.15, -0.1) is 0 Å². The predicted molar refractivity (Wildman–Crippen MR) is 57.9 cm³/mol. The Morgan fingerprint density at radius 1 is 1.38 bits per heavy atom. The Bertz CT molecular complexity index is 284. The van der Waals surface area contributed by atoms with E-state index in [0.717, 1.165) is 5.69 Å². The number of amides is 1. The summed E-state index contributed by atoms with van der Waals surface area (Å²) in [5.74, 6) is 0.00152. The second-order valence-electron chi connectivity index (χ2n) is 2.61. The minimum Gasteiger partial charge on any atom is -0.399 e. The molecule has 1 aromatic carbocycles. The van der Waals surface area contributed by atoms with Crippen LogP contribution in [0, 0.1) is 0 Å². The van der Waals surface area contributed by atoms with Crippen LogP contribution in [0.1, 0.15) is 6.42 Å². The van der Waals surface area contributed by atoms with E-state index in [2.05, 4.69) is 21.2 Å². The van der Waals surface area contributed by atoms with Gasteiger partial charge in [-0.25, -0.2) is 0 Å². The quantitative estimate of drug-likeness (QED) is 0.630. The van der Waals surface area contributed by atoms with E-state index < -0.39 is 0 Å². The molecule has 0 radical (unpaired) electrons. The molecule has 0 aromatic heterocycles. The number of alkyl halides is 1. The monoisotopic (exact) mass is 242 g/mol. The van der Waals surface area contributed by atoms with Crippen molar-refractivity contribution in [3.8, 4) is 0 Å². The molecule has 1 amide bonds. The van der Waals surface area contributed by atoms with Crippen LogP contribution < -0.4 is 11.1 Å². The third-order valence-electron chi connectivity index (χ3n) is 1.52. The molecule has 0 unspecified atom stereocenters. The third kappa shape index (κ3) is 3.46. The Morgan fingerprint density at radius 3 is 2.54 bits per heavy atom. The molecule has 0 aliphatic carbocycles. The van der Waals surface area contributed by atoms with E-state index in [1.807, 2.05) is 0 Å². The molecule has 0 bridgehead atoms. The number of carbonyl (C=O) groups is 1. The standard InChI is InChI=1S/C9H11BrN2O/c10-6-5-9(13)12-8-3-1-7(11)2-4-8/h1-4H,5-6,11H2,(H,12,13). The van der Waals surface area contributed by atoms with Gasteiger partial charge >= 0.3 is 0 Å². The zero-order chi connectivity index (χ0) is 9.68. The van der Waals surface area contributed by atoms with Crippen molar-refractivity contribution in [1.82, 2.24) is 0 Å². The highest BCUT2D eigenvalue weighted by molar-refractivity contribution is 9.09. The van der Waals surface area contributed by atoms with Crippen LogP contribution in [-0.4, -0.2) is 11.2 Å². The van der Waals surface area contributed by atoms with Gasteiger partial charge in [0.2, 0.25) is 5.91 Å². The molecular formula is C9H11BrN2O. The number of hydrogen-bond acceptors (Lipinski definition) is 2. The van der Waals surface area contributed by atoms with Crippen LogP contribution in [0.5, 0.6) is 0 Å². The number of nitrogens with two attached hydrogens (primary N) is 1. The number of nitrogens with one attached hydrogen (secondary N) is 1. The van der Waals surface area contributed by atoms with E-state index in [1.54, 1.807) is 24.3 Å². The van der Waals surface area contributed by atoms with Crippen LogP contribution >= 0.6 is 15.9 Å². The van der Waals surface area contributed by atoms with Crippen molar-refractivity contribution in [2.45, 2.75) is 6.42 Å². The minimum absolute atomic E-state index is 0.00152. The molecule has 70 valence electrons. The van der Waals surface area contributed by atoms with Crippen LogP contribution in [0.25, 0.3) is 0 Å². The van der Waals surface area contributed by atoms with Crippen molar-refractivity contribution in [2.75, 3.05) is 16.4 Å². The average molecular weight is 243 g/mol. The lowest BCUT2D eigenvalue weighted by Gasteiger charge is -2.03. The molecule has 0 fully saturated rings. The Morgan fingerprint density at radius 2 is 2.00 bits per heavy atom. The van der Waals surface area contributed by atoms with E-state index in [9.17, 15) is 4.79 Å². The summed E-state index contributed by atoms with van der Waals surface area (Å²) in [4.78, 5) is 11.1. The van der Waals surface area contributed by atoms with Gasteiger partial charge in [-0.05, 0) is 24.3 Å². The summed E-state index contributed by atoms with van der Waals surface area (Å²) in [6.45, 7) is 0. The van der Waals surface area contributed by atoms with E-state index in [1.165, 1.54) is 0 Å². The second-order valence-corrected chi connectivity index (χ2v) is 3.40. The molecule has 0 aliphatic rings. The van der Waals surface area contributed by atoms with Gasteiger partial charge in [0.1, 0.15) is 0 Å². The molecule has 0 heterocycles. The summed E-state index contributed by atoms with van der Waals surface area (Å²) >= 11 is 3.19. The summed E-state index contributed by atoms with van der Waals surface area (Å²) in [6.07, 6.45) is 0.477. The van der Waals surface area contributed by atoms with Gasteiger partial charge in [0.05, 0.1) is 0 Å². The Balaban J connectivity index is 2.54. The first kappa shape index (κ1) is 10.1. The molecule has 0 atom stereocenters. The third-order valence-corrected chi connectivity index (χ3v) is 1.91. The highest BCUT2D eigenvalue weighted by Crippen LogP contribution is 2.10. The van der Waals surface area contributed by atoms with Crippen LogP contribution in [0.2, 0.25) is 0 Å². The predicted octanol–water partition coefficient (Wildman–Crippen LogP) is 1.99. The largest absolute Gasteiger partial charge is 0.399 e. The highest BCUT2D eigenvalue weighted by atomic mass is 79.9. The van der Waals surface area contributed by atoms with Gasteiger partial charge in [-0.2, -0.15) is 0 Å². The molecule has 0 aliphatic heterocycles. The summed E-state index contributed by atoms with van der Waals surface area (Å²) in [5.41, 5.74) is 6.97. The van der Waals surface area contributed by atoms with Crippen LogP contribution in [0.3, 0.4) is 0 Å². The number of nitrogen functional groups attached to an aromatic ring is 1. The SMILES string of the molecule is Nc1ccc(NC(=O)CCBr)cc1. The van der Waals surface area contributed by atoms with Gasteiger partial charge in [0.15, 0.2) is 0 Å². The molecule has 0 spiro atoms. The maximum Gasteiger partial charge on any atom is 0.225 e. The van der Waals surface area contributed by atoms with Crippen molar-refractivity contribution >= 4 is 33.2 Å². The normalized spacial score (nSPS) is 9.62. The van der Waals surface area contributed by atoms with Crippen LogP contribution in [-0.2, 0) is 4.79 Å². The fourth-order valence-electron chi connectivity index (χ4n) is 0.876. The zero-order valence-corrected chi connectivity index (χ0v) is 8.67. The zero-order valence-electron chi connectivity index (χ0n) is 7.09. The minimum atomic E-state index is 0.00152. The maximum atomic E-state index is 11.1. The maximum absolute atomic E-state index is 11.1. The Hall–Kier alpha value is -1.03. The first-order chi connectivity index (χ1) is 6.22. The first-order valence-corrected chi connectivity index (χ1v) is 5.06. The van der Waals surface area contributed by atoms with Crippen molar-refractivity contribution in [2.24, 2.45) is 0 Å². The summed E-state index contributed by atoms with van der Waals surface area (Å²) < 4.78 is 0. The highest BCUT2D eigenvalue weighted by Gasteiger charge is 1.99. The van der Waals surface area contributed by atoms with Crippen molar-refractivity contribution in [1.29, 1.82) is 0 Å². The second kappa shape index (κ2) is 4.87. The lowest BCUT2D eigenvalue weighted by molar-refractivity contribution is -0.115. The van der Waals surface area contributed by atoms with Crippen LogP contribution in [0.15, 0.2) is 24.3 Å². The number of carbonyl (C=O) groups excluding carboxylic acids is 1.